The van der Waals surface area contributed by atoms with E-state index in [0.29, 0.717) is 6.29 Å². The van der Waals surface area contributed by atoms with Crippen LogP contribution < -0.4 is 4.74 Å². The molecule has 1 rings (SSSR count). The monoisotopic (exact) mass is 283 g/mol. The highest BCUT2D eigenvalue weighted by molar-refractivity contribution is 5.80. The van der Waals surface area contributed by atoms with Crippen LogP contribution in [-0.4, -0.2) is 25.5 Å². The Hall–Kier alpha value is -2.49. The zero-order chi connectivity index (χ0) is 15.1. The van der Waals surface area contributed by atoms with Crippen LogP contribution in [0.3, 0.4) is 0 Å². The maximum Gasteiger partial charge on any atom is 0.387 e. The van der Waals surface area contributed by atoms with Crippen molar-refractivity contribution in [3.8, 4) is 11.8 Å². The fraction of sp³-hybridized carbons (Fsp3) is 0.308. The Balaban J connectivity index is 3.23. The molecule has 20 heavy (non-hydrogen) atoms. The van der Waals surface area contributed by atoms with Gasteiger partial charge in [0.1, 0.15) is 18.1 Å². The highest BCUT2D eigenvalue weighted by Crippen LogP contribution is 2.26. The Morgan fingerprint density at radius 2 is 2.20 bits per heavy atom. The van der Waals surface area contributed by atoms with E-state index in [-0.39, 0.29) is 29.7 Å². The van der Waals surface area contributed by atoms with E-state index in [2.05, 4.69) is 4.74 Å². The molecule has 106 valence electrons. The van der Waals surface area contributed by atoms with Crippen LogP contribution >= 0.6 is 0 Å². The summed E-state index contributed by atoms with van der Waals surface area (Å²) in [6.45, 7) is -1.38. The van der Waals surface area contributed by atoms with Crippen LogP contribution in [0, 0.1) is 11.3 Å². The second-order valence-electron chi connectivity index (χ2n) is 3.64. The zero-order valence-electron chi connectivity index (χ0n) is 10.6. The summed E-state index contributed by atoms with van der Waals surface area (Å²) in [4.78, 5) is 22.2. The van der Waals surface area contributed by atoms with Crippen LogP contribution in [-0.2, 0) is 16.0 Å². The Morgan fingerprint density at radius 1 is 1.50 bits per heavy atom. The summed E-state index contributed by atoms with van der Waals surface area (Å²) in [5, 5.41) is 9.00. The number of aldehydes is 1. The van der Waals surface area contributed by atoms with Gasteiger partial charge >= 0.3 is 12.6 Å². The van der Waals surface area contributed by atoms with Crippen molar-refractivity contribution in [1.82, 2.24) is 0 Å². The quantitative estimate of drug-likeness (QED) is 0.590. The molecule has 7 heteroatoms. The van der Waals surface area contributed by atoms with Crippen LogP contribution in [0.25, 0.3) is 0 Å². The van der Waals surface area contributed by atoms with E-state index in [0.717, 1.165) is 6.07 Å². The van der Waals surface area contributed by atoms with Crippen molar-refractivity contribution in [3.05, 3.63) is 28.8 Å². The largest absolute Gasteiger partial charge is 0.466 e. The van der Waals surface area contributed by atoms with Gasteiger partial charge in [-0.1, -0.05) is 0 Å². The molecule has 0 saturated heterocycles. The molecule has 1 aromatic carbocycles. The van der Waals surface area contributed by atoms with Gasteiger partial charge in [-0.25, -0.2) is 0 Å². The number of carbonyl (C=O) groups excluding carboxylic acids is 2. The molecular weight excluding hydrogens is 272 g/mol. The minimum Gasteiger partial charge on any atom is -0.466 e. The number of carbonyl (C=O) groups is 2. The highest BCUT2D eigenvalue weighted by atomic mass is 19.3. The highest BCUT2D eigenvalue weighted by Gasteiger charge is 2.17. The van der Waals surface area contributed by atoms with Gasteiger partial charge in [0.25, 0.3) is 0 Å². The first-order valence-corrected chi connectivity index (χ1v) is 5.64. The molecule has 0 N–H and O–H groups in total. The third-order valence-corrected chi connectivity index (χ3v) is 2.31. The molecule has 0 bridgehead atoms. The van der Waals surface area contributed by atoms with Gasteiger partial charge in [0.15, 0.2) is 0 Å². The van der Waals surface area contributed by atoms with Gasteiger partial charge in [-0.05, 0) is 24.6 Å². The Bertz CT molecular complexity index is 552. The predicted octanol–water partition coefficient (Wildman–Crippen LogP) is 2.08. The molecule has 0 aliphatic heterocycles. The topological polar surface area (TPSA) is 76.4 Å². The molecule has 0 radical (unpaired) electrons. The van der Waals surface area contributed by atoms with Crippen molar-refractivity contribution in [2.75, 3.05) is 6.61 Å². The van der Waals surface area contributed by atoms with Crippen LogP contribution in [0.15, 0.2) is 12.1 Å². The standard InChI is InChI=1S/C13H11F2NO4/c1-2-19-12(18)5-9-3-8(7-17)4-11(10(9)6-16)20-13(14)15/h3-4,7,13H,2,5H2,1H3. The number of alkyl halides is 2. The fourth-order valence-corrected chi connectivity index (χ4v) is 1.59. The van der Waals surface area contributed by atoms with Crippen LogP contribution in [0.1, 0.15) is 28.4 Å². The number of ether oxygens (including phenoxy) is 2. The lowest BCUT2D eigenvalue weighted by Crippen LogP contribution is -2.11. The van der Waals surface area contributed by atoms with Crippen molar-refractivity contribution in [3.63, 3.8) is 0 Å². The average Bonchev–Trinajstić information content (AvgIpc) is 2.37. The SMILES string of the molecule is CCOC(=O)Cc1cc(C=O)cc(OC(F)F)c1C#N. The Kier molecular flexibility index (Phi) is 5.59. The normalized spacial score (nSPS) is 9.95. The summed E-state index contributed by atoms with van der Waals surface area (Å²) in [5.74, 6) is -1.07. The number of hydrogen-bond donors (Lipinski definition) is 0. The van der Waals surface area contributed by atoms with Crippen molar-refractivity contribution in [2.24, 2.45) is 0 Å². The molecule has 0 fully saturated rings. The van der Waals surface area contributed by atoms with Crippen molar-refractivity contribution < 1.29 is 27.8 Å². The molecule has 0 aromatic heterocycles. The number of esters is 1. The van der Waals surface area contributed by atoms with E-state index >= 15 is 0 Å². The van der Waals surface area contributed by atoms with Crippen molar-refractivity contribution in [1.29, 1.82) is 5.26 Å². The molecule has 0 aliphatic rings. The smallest absolute Gasteiger partial charge is 0.387 e. The van der Waals surface area contributed by atoms with Gasteiger partial charge in [0.2, 0.25) is 0 Å². The van der Waals surface area contributed by atoms with Crippen LogP contribution in [0.4, 0.5) is 8.78 Å². The number of nitrogens with zero attached hydrogens (tertiary/aromatic N) is 1. The van der Waals surface area contributed by atoms with Crippen molar-refractivity contribution in [2.45, 2.75) is 20.0 Å². The van der Waals surface area contributed by atoms with E-state index < -0.39 is 18.3 Å². The first-order chi connectivity index (χ1) is 9.51. The van der Waals surface area contributed by atoms with Gasteiger partial charge in [-0.2, -0.15) is 14.0 Å². The third kappa shape index (κ3) is 4.02. The van der Waals surface area contributed by atoms with Crippen molar-refractivity contribution >= 4 is 12.3 Å². The lowest BCUT2D eigenvalue weighted by atomic mass is 10.0. The molecule has 0 atom stereocenters. The molecule has 0 saturated carbocycles. The van der Waals surface area contributed by atoms with E-state index in [1.54, 1.807) is 13.0 Å². The van der Waals surface area contributed by atoms with Crippen LogP contribution in [0.2, 0.25) is 0 Å². The number of hydrogen-bond acceptors (Lipinski definition) is 5. The van der Waals surface area contributed by atoms with Gasteiger partial charge in [-0.15, -0.1) is 0 Å². The van der Waals surface area contributed by atoms with Gasteiger partial charge < -0.3 is 9.47 Å². The maximum absolute atomic E-state index is 12.3. The Labute approximate surface area is 113 Å². The zero-order valence-corrected chi connectivity index (χ0v) is 10.6. The minimum absolute atomic E-state index is 0.0268. The third-order valence-electron chi connectivity index (χ3n) is 2.31. The number of benzene rings is 1. The molecule has 0 heterocycles. The number of halogens is 2. The summed E-state index contributed by atoms with van der Waals surface area (Å²) in [6.07, 6.45) is 0.103. The predicted molar refractivity (Wildman–Crippen MR) is 63.5 cm³/mol. The lowest BCUT2D eigenvalue weighted by Gasteiger charge is -2.11. The van der Waals surface area contributed by atoms with Gasteiger partial charge in [0, 0.05) is 5.56 Å². The van der Waals surface area contributed by atoms with E-state index in [4.69, 9.17) is 10.00 Å². The lowest BCUT2D eigenvalue weighted by molar-refractivity contribution is -0.142. The summed E-state index contributed by atoms with van der Waals surface area (Å²) in [6, 6.07) is 3.97. The summed E-state index contributed by atoms with van der Waals surface area (Å²) in [7, 11) is 0. The second kappa shape index (κ2) is 7.19. The Morgan fingerprint density at radius 3 is 2.70 bits per heavy atom. The second-order valence-corrected chi connectivity index (χ2v) is 3.64. The summed E-state index contributed by atoms with van der Waals surface area (Å²) < 4.78 is 33.5. The van der Waals surface area contributed by atoms with Gasteiger partial charge in [-0.3, -0.25) is 9.59 Å². The fourth-order valence-electron chi connectivity index (χ4n) is 1.59. The maximum atomic E-state index is 12.3. The molecule has 0 aliphatic carbocycles. The molecular formula is C13H11F2NO4. The minimum atomic E-state index is -3.14. The van der Waals surface area contributed by atoms with Crippen LogP contribution in [0.5, 0.6) is 5.75 Å². The molecule has 1 aromatic rings. The summed E-state index contributed by atoms with van der Waals surface area (Å²) in [5.41, 5.74) is -0.0888. The molecule has 0 unspecified atom stereocenters. The molecule has 5 nitrogen and oxygen atoms in total. The van der Waals surface area contributed by atoms with E-state index in [1.807, 2.05) is 0 Å². The first kappa shape index (κ1) is 15.6. The summed E-state index contributed by atoms with van der Waals surface area (Å²) >= 11 is 0. The van der Waals surface area contributed by atoms with E-state index in [1.165, 1.54) is 6.07 Å². The van der Waals surface area contributed by atoms with Gasteiger partial charge in [0.05, 0.1) is 18.6 Å². The number of rotatable bonds is 6. The first-order valence-electron chi connectivity index (χ1n) is 5.64. The average molecular weight is 283 g/mol. The molecule has 0 spiro atoms. The number of nitriles is 1. The van der Waals surface area contributed by atoms with E-state index in [9.17, 15) is 18.4 Å². The molecule has 0 amide bonds.